The topological polar surface area (TPSA) is 63.5 Å². The fourth-order valence-corrected chi connectivity index (χ4v) is 1.85. The predicted octanol–water partition coefficient (Wildman–Crippen LogP) is 3.10. The van der Waals surface area contributed by atoms with Gasteiger partial charge in [0.25, 0.3) is 0 Å². The quantitative estimate of drug-likeness (QED) is 0.811. The van der Waals surface area contributed by atoms with Crippen LogP contribution < -0.4 is 10.6 Å². The van der Waals surface area contributed by atoms with Crippen molar-refractivity contribution < 1.29 is 13.9 Å². The van der Waals surface area contributed by atoms with Crippen LogP contribution in [0.2, 0.25) is 0 Å². The van der Waals surface area contributed by atoms with Gasteiger partial charge in [-0.3, -0.25) is 0 Å². The second-order valence-electron chi connectivity index (χ2n) is 6.47. The van der Waals surface area contributed by atoms with E-state index >= 15 is 0 Å². The molecule has 1 amide bonds. The van der Waals surface area contributed by atoms with Gasteiger partial charge in [0.1, 0.15) is 11.4 Å². The lowest BCUT2D eigenvalue weighted by Crippen LogP contribution is -2.44. The third-order valence-corrected chi connectivity index (χ3v) is 2.94. The van der Waals surface area contributed by atoms with Crippen molar-refractivity contribution in [3.8, 4) is 0 Å². The molecule has 0 aliphatic rings. The molecule has 21 heavy (non-hydrogen) atoms. The smallest absolute Gasteiger partial charge is 0.407 e. The number of carbonyl (C=O) groups excluding carboxylic acids is 1. The molecule has 1 heterocycles. The molecular weight excluding hydrogens is 268 g/mol. The highest BCUT2D eigenvalue weighted by Gasteiger charge is 2.17. The minimum absolute atomic E-state index is 0.0194. The van der Waals surface area contributed by atoms with Gasteiger partial charge in [0, 0.05) is 25.0 Å². The third kappa shape index (κ3) is 8.40. The van der Waals surface area contributed by atoms with E-state index in [0.717, 1.165) is 18.6 Å². The molecule has 5 nitrogen and oxygen atoms in total. The minimum Gasteiger partial charge on any atom is -0.469 e. The summed E-state index contributed by atoms with van der Waals surface area (Å²) >= 11 is 0. The van der Waals surface area contributed by atoms with Crippen molar-refractivity contribution in [2.75, 3.05) is 6.54 Å². The van der Waals surface area contributed by atoms with Gasteiger partial charge in [0.05, 0.1) is 6.26 Å². The number of hydrogen-bond donors (Lipinski definition) is 2. The second-order valence-corrected chi connectivity index (χ2v) is 6.47. The van der Waals surface area contributed by atoms with E-state index in [1.807, 2.05) is 39.8 Å². The Morgan fingerprint density at radius 3 is 2.62 bits per heavy atom. The first-order chi connectivity index (χ1) is 9.76. The molecule has 0 saturated carbocycles. The van der Waals surface area contributed by atoms with Crippen molar-refractivity contribution in [2.24, 2.45) is 0 Å². The van der Waals surface area contributed by atoms with Gasteiger partial charge in [-0.25, -0.2) is 4.79 Å². The first-order valence-corrected chi connectivity index (χ1v) is 7.51. The Hall–Kier alpha value is -1.49. The van der Waals surface area contributed by atoms with E-state index in [-0.39, 0.29) is 12.1 Å². The lowest BCUT2D eigenvalue weighted by atomic mass is 10.1. The summed E-state index contributed by atoms with van der Waals surface area (Å²) in [5.74, 6) is 1.00. The zero-order valence-corrected chi connectivity index (χ0v) is 13.7. The Labute approximate surface area is 127 Å². The van der Waals surface area contributed by atoms with Crippen LogP contribution in [0.4, 0.5) is 4.79 Å². The molecule has 0 aromatic carbocycles. The van der Waals surface area contributed by atoms with Gasteiger partial charge in [0.15, 0.2) is 0 Å². The molecule has 5 heteroatoms. The number of amides is 1. The normalized spacial score (nSPS) is 14.5. The van der Waals surface area contributed by atoms with Crippen LogP contribution in [0, 0.1) is 0 Å². The van der Waals surface area contributed by atoms with Crippen LogP contribution in [-0.2, 0) is 11.2 Å². The van der Waals surface area contributed by atoms with Crippen LogP contribution in [0.1, 0.15) is 46.8 Å². The third-order valence-electron chi connectivity index (χ3n) is 2.94. The predicted molar refractivity (Wildman–Crippen MR) is 83.3 cm³/mol. The molecule has 0 aliphatic heterocycles. The molecule has 2 atom stereocenters. The minimum atomic E-state index is -0.465. The molecule has 120 valence electrons. The Morgan fingerprint density at radius 2 is 2.05 bits per heavy atom. The summed E-state index contributed by atoms with van der Waals surface area (Å²) in [6.07, 6.45) is 3.22. The first-order valence-electron chi connectivity index (χ1n) is 7.51. The Kier molecular flexibility index (Phi) is 6.75. The van der Waals surface area contributed by atoms with Gasteiger partial charge in [-0.05, 0) is 53.2 Å². The standard InChI is InChI=1S/C16H28N2O3/c1-12(8-9-14-7-6-10-20-14)17-11-13(2)18-15(19)21-16(3,4)5/h6-7,10,12-13,17H,8-9,11H2,1-5H3,(H,18,19). The number of rotatable bonds is 7. The van der Waals surface area contributed by atoms with E-state index < -0.39 is 5.60 Å². The molecule has 1 rings (SSSR count). The number of carbonyl (C=O) groups is 1. The maximum atomic E-state index is 11.6. The molecule has 1 aromatic rings. The summed E-state index contributed by atoms with van der Waals surface area (Å²) in [6.45, 7) is 10.3. The van der Waals surface area contributed by atoms with Gasteiger partial charge in [-0.1, -0.05) is 0 Å². The molecule has 0 fully saturated rings. The van der Waals surface area contributed by atoms with Crippen LogP contribution in [0.25, 0.3) is 0 Å². The molecular formula is C16H28N2O3. The molecule has 0 spiro atoms. The highest BCUT2D eigenvalue weighted by atomic mass is 16.6. The van der Waals surface area contributed by atoms with Crippen LogP contribution in [-0.4, -0.2) is 30.3 Å². The van der Waals surface area contributed by atoms with Crippen molar-refractivity contribution >= 4 is 6.09 Å². The van der Waals surface area contributed by atoms with Crippen LogP contribution in [0.15, 0.2) is 22.8 Å². The van der Waals surface area contributed by atoms with Crippen LogP contribution >= 0.6 is 0 Å². The summed E-state index contributed by atoms with van der Waals surface area (Å²) < 4.78 is 10.5. The van der Waals surface area contributed by atoms with Crippen molar-refractivity contribution in [1.82, 2.24) is 10.6 Å². The van der Waals surface area contributed by atoms with E-state index in [1.165, 1.54) is 0 Å². The van der Waals surface area contributed by atoms with Crippen LogP contribution in [0.5, 0.6) is 0 Å². The van der Waals surface area contributed by atoms with Crippen molar-refractivity contribution in [1.29, 1.82) is 0 Å². The molecule has 1 aromatic heterocycles. The van der Waals surface area contributed by atoms with E-state index in [9.17, 15) is 4.79 Å². The summed E-state index contributed by atoms with van der Waals surface area (Å²) in [4.78, 5) is 11.6. The Bertz CT molecular complexity index is 410. The summed E-state index contributed by atoms with van der Waals surface area (Å²) in [6, 6.07) is 4.27. The number of ether oxygens (including phenoxy) is 1. The Morgan fingerprint density at radius 1 is 1.33 bits per heavy atom. The highest BCUT2D eigenvalue weighted by Crippen LogP contribution is 2.07. The van der Waals surface area contributed by atoms with E-state index in [4.69, 9.17) is 9.15 Å². The lowest BCUT2D eigenvalue weighted by molar-refractivity contribution is 0.0507. The Balaban J connectivity index is 2.16. The van der Waals surface area contributed by atoms with Gasteiger partial charge >= 0.3 is 6.09 Å². The number of hydrogen-bond acceptors (Lipinski definition) is 4. The fourth-order valence-electron chi connectivity index (χ4n) is 1.85. The number of alkyl carbamates (subject to hydrolysis) is 1. The molecule has 0 radical (unpaired) electrons. The lowest BCUT2D eigenvalue weighted by Gasteiger charge is -2.23. The number of aryl methyl sites for hydroxylation is 1. The molecule has 0 bridgehead atoms. The van der Waals surface area contributed by atoms with E-state index in [0.29, 0.717) is 12.6 Å². The SMILES string of the molecule is CC(CCc1ccco1)NCC(C)NC(=O)OC(C)(C)C. The highest BCUT2D eigenvalue weighted by molar-refractivity contribution is 5.68. The largest absolute Gasteiger partial charge is 0.469 e. The van der Waals surface area contributed by atoms with Gasteiger partial charge in [-0.2, -0.15) is 0 Å². The van der Waals surface area contributed by atoms with Gasteiger partial charge in [-0.15, -0.1) is 0 Å². The summed E-state index contributed by atoms with van der Waals surface area (Å²) in [5, 5.41) is 6.22. The zero-order valence-electron chi connectivity index (χ0n) is 13.7. The van der Waals surface area contributed by atoms with Gasteiger partial charge < -0.3 is 19.8 Å². The summed E-state index contributed by atoms with van der Waals surface area (Å²) in [7, 11) is 0. The fraction of sp³-hybridized carbons (Fsp3) is 0.688. The maximum absolute atomic E-state index is 11.6. The molecule has 2 unspecified atom stereocenters. The van der Waals surface area contributed by atoms with Crippen LogP contribution in [0.3, 0.4) is 0 Å². The van der Waals surface area contributed by atoms with Crippen molar-refractivity contribution in [3.63, 3.8) is 0 Å². The monoisotopic (exact) mass is 296 g/mol. The molecule has 0 saturated heterocycles. The van der Waals surface area contributed by atoms with Crippen molar-refractivity contribution in [3.05, 3.63) is 24.2 Å². The first kappa shape index (κ1) is 17.6. The van der Waals surface area contributed by atoms with Gasteiger partial charge in [0.2, 0.25) is 0 Å². The maximum Gasteiger partial charge on any atom is 0.407 e. The molecule has 2 N–H and O–H groups in total. The van der Waals surface area contributed by atoms with Crippen molar-refractivity contribution in [2.45, 2.75) is 65.1 Å². The van der Waals surface area contributed by atoms with E-state index in [2.05, 4.69) is 17.6 Å². The average molecular weight is 296 g/mol. The summed E-state index contributed by atoms with van der Waals surface area (Å²) in [5.41, 5.74) is -0.465. The number of furan rings is 1. The average Bonchev–Trinajstić information content (AvgIpc) is 2.84. The number of nitrogens with one attached hydrogen (secondary N) is 2. The molecule has 0 aliphatic carbocycles. The second kappa shape index (κ2) is 8.08. The van der Waals surface area contributed by atoms with E-state index in [1.54, 1.807) is 6.26 Å². The zero-order chi connectivity index (χ0) is 15.9.